The van der Waals surface area contributed by atoms with Gasteiger partial charge in [-0.2, -0.15) is 26.3 Å². The van der Waals surface area contributed by atoms with Gasteiger partial charge in [-0.1, -0.05) is 35.9 Å². The highest BCUT2D eigenvalue weighted by molar-refractivity contribution is 6.31. The Morgan fingerprint density at radius 2 is 1.37 bits per heavy atom. The van der Waals surface area contributed by atoms with Crippen LogP contribution in [0.5, 0.6) is 11.6 Å². The molecule has 49 heavy (non-hydrogen) atoms. The van der Waals surface area contributed by atoms with Crippen molar-refractivity contribution < 1.29 is 60.4 Å². The summed E-state index contributed by atoms with van der Waals surface area (Å²) >= 11 is 6.33. The molecule has 0 saturated heterocycles. The molecule has 0 bridgehead atoms. The van der Waals surface area contributed by atoms with Crippen LogP contribution in [0.3, 0.4) is 0 Å². The molecule has 2 heterocycles. The van der Waals surface area contributed by atoms with Crippen molar-refractivity contribution in [2.24, 2.45) is 0 Å². The normalized spacial score (nSPS) is 10.7. The predicted octanol–water partition coefficient (Wildman–Crippen LogP) is 6.61. The summed E-state index contributed by atoms with van der Waals surface area (Å²) < 4.78 is 75.1. The van der Waals surface area contributed by atoms with Crippen molar-refractivity contribution in [3.05, 3.63) is 108 Å². The average Bonchev–Trinajstić information content (AvgIpc) is 3.06. The topological polar surface area (TPSA) is 151 Å². The fourth-order valence-corrected chi connectivity index (χ4v) is 3.61. The summed E-state index contributed by atoms with van der Waals surface area (Å²) in [4.78, 5) is 41.1. The van der Waals surface area contributed by atoms with Crippen LogP contribution >= 0.6 is 11.6 Å². The molecular formula is C31H27ClF6N4O7. The number of carboxylic acid groups (broad SMARTS) is 2. The second kappa shape index (κ2) is 19.3. The zero-order valence-corrected chi connectivity index (χ0v) is 25.7. The smallest absolute Gasteiger partial charge is 0.490 e. The summed E-state index contributed by atoms with van der Waals surface area (Å²) in [5, 5.41) is 17.9. The Bertz CT molecular complexity index is 1590. The first-order valence-electron chi connectivity index (χ1n) is 13.7. The minimum Gasteiger partial charge on any atom is -0.492 e. The highest BCUT2D eigenvalue weighted by Crippen LogP contribution is 2.24. The monoisotopic (exact) mass is 716 g/mol. The van der Waals surface area contributed by atoms with Crippen molar-refractivity contribution in [3.8, 4) is 11.6 Å². The Morgan fingerprint density at radius 1 is 0.776 bits per heavy atom. The number of halogens is 7. The largest absolute Gasteiger partial charge is 0.492 e. The third-order valence-corrected chi connectivity index (χ3v) is 5.72. The molecule has 0 unspecified atom stereocenters. The lowest BCUT2D eigenvalue weighted by atomic mass is 10.1. The Labute approximate surface area is 279 Å². The van der Waals surface area contributed by atoms with Crippen LogP contribution in [0.15, 0.2) is 97.5 Å². The number of carbonyl (C=O) groups is 3. The fourth-order valence-electron chi connectivity index (χ4n) is 3.39. The molecule has 0 fully saturated rings. The fraction of sp³-hybridized carbons (Fsp3) is 0.194. The molecule has 0 aliphatic heterocycles. The number of benzene rings is 2. The number of carbonyl (C=O) groups excluding carboxylic acids is 1. The molecule has 0 aliphatic carbocycles. The lowest BCUT2D eigenvalue weighted by molar-refractivity contribution is -0.193. The summed E-state index contributed by atoms with van der Waals surface area (Å²) in [7, 11) is 0. The van der Waals surface area contributed by atoms with Gasteiger partial charge < -0.3 is 29.9 Å². The zero-order chi connectivity index (χ0) is 36.5. The lowest BCUT2D eigenvalue weighted by Gasteiger charge is -2.23. The Balaban J connectivity index is 0.000000500. The first kappa shape index (κ1) is 39.6. The maximum atomic E-state index is 13.5. The minimum absolute atomic E-state index is 0.205. The third kappa shape index (κ3) is 15.2. The average molecular weight is 717 g/mol. The van der Waals surface area contributed by atoms with Gasteiger partial charge in [-0.15, -0.1) is 0 Å². The number of anilines is 2. The predicted molar refractivity (Wildman–Crippen MR) is 165 cm³/mol. The number of nitrogens with zero attached hydrogens (tertiary/aromatic N) is 3. The number of pyridine rings is 2. The summed E-state index contributed by atoms with van der Waals surface area (Å²) in [5.41, 5.74) is 2.14. The highest BCUT2D eigenvalue weighted by atomic mass is 35.5. The maximum Gasteiger partial charge on any atom is 0.490 e. The highest BCUT2D eigenvalue weighted by Gasteiger charge is 2.38. The molecule has 0 atom stereocenters. The van der Waals surface area contributed by atoms with Gasteiger partial charge in [0.25, 0.3) is 5.91 Å². The molecule has 262 valence electrons. The van der Waals surface area contributed by atoms with Crippen LogP contribution in [-0.2, 0) is 9.59 Å². The van der Waals surface area contributed by atoms with Crippen molar-refractivity contribution in [2.75, 3.05) is 36.5 Å². The van der Waals surface area contributed by atoms with Gasteiger partial charge in [0.15, 0.2) is 0 Å². The van der Waals surface area contributed by atoms with E-state index in [-0.39, 0.29) is 12.5 Å². The second-order valence-corrected chi connectivity index (χ2v) is 9.54. The number of hydrogen-bond acceptors (Lipinski definition) is 8. The van der Waals surface area contributed by atoms with E-state index in [4.69, 9.17) is 40.9 Å². The van der Waals surface area contributed by atoms with Crippen LogP contribution in [0, 0.1) is 0 Å². The van der Waals surface area contributed by atoms with Crippen molar-refractivity contribution in [1.82, 2.24) is 9.97 Å². The first-order valence-corrected chi connectivity index (χ1v) is 14.0. The maximum absolute atomic E-state index is 13.5. The number of ether oxygens (including phenoxy) is 2. The summed E-state index contributed by atoms with van der Waals surface area (Å²) in [6, 6.07) is 23.7. The lowest BCUT2D eigenvalue weighted by Crippen LogP contribution is -2.34. The van der Waals surface area contributed by atoms with Crippen molar-refractivity contribution in [3.63, 3.8) is 0 Å². The van der Waals surface area contributed by atoms with Crippen LogP contribution in [0.1, 0.15) is 10.4 Å². The molecule has 0 radical (unpaired) electrons. The molecule has 3 N–H and O–H groups in total. The summed E-state index contributed by atoms with van der Waals surface area (Å²) in [5.74, 6) is -4.69. The van der Waals surface area contributed by atoms with Crippen LogP contribution < -0.4 is 19.7 Å². The molecule has 11 nitrogen and oxygen atoms in total. The number of alkyl halides is 6. The third-order valence-electron chi connectivity index (χ3n) is 5.50. The number of para-hydroxylation sites is 1. The molecule has 4 aromatic rings. The number of carboxylic acids is 2. The van der Waals surface area contributed by atoms with E-state index in [0.29, 0.717) is 41.9 Å². The van der Waals surface area contributed by atoms with E-state index in [1.165, 1.54) is 0 Å². The standard InChI is InChI=1S/C27H25ClN4O3.2C2HF3O2/c28-22-18-21(19-25(20-22)34-16-14-30-23-9-12-29-13-10-23)27(33)32(24-6-2-1-3-7-24)15-17-35-26-8-4-5-11-31-26;2*3-2(4,5)1(6)7/h1-13,18-20H,14-17H2,(H,29,30);2*(H,6,7). The zero-order valence-electron chi connectivity index (χ0n) is 25.0. The van der Waals surface area contributed by atoms with E-state index in [9.17, 15) is 31.1 Å². The molecule has 4 rings (SSSR count). The Kier molecular flexibility index (Phi) is 15.6. The van der Waals surface area contributed by atoms with Gasteiger partial charge in [0, 0.05) is 53.2 Å². The van der Waals surface area contributed by atoms with Gasteiger partial charge in [0.2, 0.25) is 5.88 Å². The molecule has 2 aromatic heterocycles. The van der Waals surface area contributed by atoms with Crippen LogP contribution in [0.25, 0.3) is 0 Å². The Morgan fingerprint density at radius 3 is 1.92 bits per heavy atom. The van der Waals surface area contributed by atoms with Gasteiger partial charge in [0.1, 0.15) is 19.0 Å². The minimum atomic E-state index is -5.08. The van der Waals surface area contributed by atoms with E-state index in [2.05, 4.69) is 15.3 Å². The SMILES string of the molecule is O=C(O)C(F)(F)F.O=C(O)C(F)(F)F.O=C(c1cc(Cl)cc(OCCNc2ccncc2)c1)N(CCOc1ccccn1)c1ccccc1. The quantitative estimate of drug-likeness (QED) is 0.114. The van der Waals surface area contributed by atoms with Crippen LogP contribution in [0.2, 0.25) is 5.02 Å². The van der Waals surface area contributed by atoms with Crippen LogP contribution in [0.4, 0.5) is 37.7 Å². The molecule has 0 aliphatic rings. The summed E-state index contributed by atoms with van der Waals surface area (Å²) in [6.45, 7) is 1.59. The Hall–Kier alpha value is -5.58. The number of nitrogens with one attached hydrogen (secondary N) is 1. The van der Waals surface area contributed by atoms with Gasteiger partial charge in [-0.25, -0.2) is 14.6 Å². The summed E-state index contributed by atoms with van der Waals surface area (Å²) in [6.07, 6.45) is -5.06. The van der Waals surface area contributed by atoms with Gasteiger partial charge in [0.05, 0.1) is 6.54 Å². The molecule has 0 saturated carbocycles. The number of aromatic nitrogens is 2. The molecular weight excluding hydrogens is 690 g/mol. The molecule has 1 amide bonds. The van der Waals surface area contributed by atoms with E-state index in [1.807, 2.05) is 54.6 Å². The van der Waals surface area contributed by atoms with Crippen molar-refractivity contribution in [1.29, 1.82) is 0 Å². The van der Waals surface area contributed by atoms with Crippen molar-refractivity contribution >= 4 is 40.8 Å². The van der Waals surface area contributed by atoms with E-state index in [0.717, 1.165) is 11.4 Å². The van der Waals surface area contributed by atoms with Crippen molar-refractivity contribution in [2.45, 2.75) is 12.4 Å². The first-order chi connectivity index (χ1) is 23.1. The van der Waals surface area contributed by atoms with Gasteiger partial charge >= 0.3 is 24.3 Å². The van der Waals surface area contributed by atoms with Crippen LogP contribution in [-0.4, -0.2) is 76.7 Å². The second-order valence-electron chi connectivity index (χ2n) is 9.10. The van der Waals surface area contributed by atoms with E-state index >= 15 is 0 Å². The number of amides is 1. The van der Waals surface area contributed by atoms with Gasteiger partial charge in [-0.05, 0) is 48.5 Å². The van der Waals surface area contributed by atoms with E-state index in [1.54, 1.807) is 47.8 Å². The number of aliphatic carboxylic acids is 2. The number of rotatable bonds is 11. The van der Waals surface area contributed by atoms with E-state index < -0.39 is 24.3 Å². The molecule has 2 aromatic carbocycles. The molecule has 18 heteroatoms. The van der Waals surface area contributed by atoms with Gasteiger partial charge in [-0.3, -0.25) is 9.78 Å². The molecule has 0 spiro atoms. The number of hydrogen-bond donors (Lipinski definition) is 3.